The van der Waals surface area contributed by atoms with Gasteiger partial charge in [-0.15, -0.1) is 0 Å². The molecule has 11 heavy (non-hydrogen) atoms. The number of hydrogen-bond donors (Lipinski definition) is 1. The second-order valence-electron chi connectivity index (χ2n) is 2.00. The normalized spacial score (nSPS) is 10.4. The van der Waals surface area contributed by atoms with Crippen LogP contribution in [0, 0.1) is 5.21 Å². The Morgan fingerprint density at radius 3 is 2.45 bits per heavy atom. The van der Waals surface area contributed by atoms with E-state index in [0.717, 1.165) is 10.0 Å². The van der Waals surface area contributed by atoms with Gasteiger partial charge >= 0.3 is 0 Å². The predicted octanol–water partition coefficient (Wildman–Crippen LogP) is 2.51. The third kappa shape index (κ3) is 2.74. The molecule has 1 aromatic carbocycles. The summed E-state index contributed by atoms with van der Waals surface area (Å²) in [6.07, 6.45) is 3.06. The van der Waals surface area contributed by atoms with Gasteiger partial charge in [-0.05, 0) is 30.0 Å². The number of nitrogens with one attached hydrogen (secondary N) is 1. The SMILES string of the molecule is [O-]N/C=C/c1ccc(Br)cc1. The van der Waals surface area contributed by atoms with Gasteiger partial charge in [0.1, 0.15) is 0 Å². The topological polar surface area (TPSA) is 35.1 Å². The van der Waals surface area contributed by atoms with E-state index in [0.29, 0.717) is 0 Å². The molecule has 0 fully saturated rings. The van der Waals surface area contributed by atoms with Crippen LogP contribution in [0.25, 0.3) is 6.08 Å². The summed E-state index contributed by atoms with van der Waals surface area (Å²) >= 11 is 3.31. The molecular formula is C8H7BrNO-. The largest absolute Gasteiger partial charge is 0.761 e. The van der Waals surface area contributed by atoms with E-state index >= 15 is 0 Å². The van der Waals surface area contributed by atoms with Crippen molar-refractivity contribution in [3.63, 3.8) is 0 Å². The van der Waals surface area contributed by atoms with Crippen molar-refractivity contribution < 1.29 is 0 Å². The third-order valence-electron chi connectivity index (χ3n) is 1.21. The Balaban J connectivity index is 2.73. The lowest BCUT2D eigenvalue weighted by molar-refractivity contribution is 1.23. The average molecular weight is 213 g/mol. The minimum Gasteiger partial charge on any atom is -0.761 e. The highest BCUT2D eigenvalue weighted by molar-refractivity contribution is 9.10. The van der Waals surface area contributed by atoms with Crippen LogP contribution in [-0.4, -0.2) is 0 Å². The number of hydroxylamine groups is 1. The van der Waals surface area contributed by atoms with Gasteiger partial charge in [0, 0.05) is 4.47 Å². The van der Waals surface area contributed by atoms with Crippen molar-refractivity contribution in [2.24, 2.45) is 0 Å². The Morgan fingerprint density at radius 1 is 1.27 bits per heavy atom. The Labute approximate surface area is 73.6 Å². The second-order valence-corrected chi connectivity index (χ2v) is 2.92. The lowest BCUT2D eigenvalue weighted by Crippen LogP contribution is -1.86. The van der Waals surface area contributed by atoms with Crippen LogP contribution < -0.4 is 5.48 Å². The zero-order chi connectivity index (χ0) is 8.10. The quantitative estimate of drug-likeness (QED) is 0.766. The Bertz CT molecular complexity index is 243. The molecule has 1 N–H and O–H groups in total. The molecule has 0 spiro atoms. The van der Waals surface area contributed by atoms with E-state index in [-0.39, 0.29) is 0 Å². The van der Waals surface area contributed by atoms with Crippen molar-refractivity contribution in [3.8, 4) is 0 Å². The van der Waals surface area contributed by atoms with Crippen molar-refractivity contribution >= 4 is 22.0 Å². The molecule has 0 radical (unpaired) electrons. The first-order chi connectivity index (χ1) is 5.33. The molecule has 1 rings (SSSR count). The average Bonchev–Trinajstić information content (AvgIpc) is 2.04. The summed E-state index contributed by atoms with van der Waals surface area (Å²) in [6, 6.07) is 7.67. The van der Waals surface area contributed by atoms with Gasteiger partial charge in [0.15, 0.2) is 0 Å². The second kappa shape index (κ2) is 4.16. The van der Waals surface area contributed by atoms with Gasteiger partial charge < -0.3 is 10.7 Å². The van der Waals surface area contributed by atoms with Gasteiger partial charge in [0.05, 0.1) is 0 Å². The van der Waals surface area contributed by atoms with E-state index < -0.39 is 0 Å². The minimum absolute atomic E-state index is 0.997. The smallest absolute Gasteiger partial charge is 0.0175 e. The molecule has 3 heteroatoms. The van der Waals surface area contributed by atoms with Crippen LogP contribution in [0.4, 0.5) is 0 Å². The van der Waals surface area contributed by atoms with E-state index in [9.17, 15) is 5.21 Å². The molecule has 58 valence electrons. The van der Waals surface area contributed by atoms with E-state index in [1.165, 1.54) is 6.20 Å². The van der Waals surface area contributed by atoms with Crippen LogP contribution in [0.2, 0.25) is 0 Å². The summed E-state index contributed by atoms with van der Waals surface area (Å²) in [7, 11) is 0. The van der Waals surface area contributed by atoms with Crippen LogP contribution in [0.5, 0.6) is 0 Å². The molecule has 0 heterocycles. The first kappa shape index (κ1) is 8.30. The number of hydrogen-bond acceptors (Lipinski definition) is 2. The predicted molar refractivity (Wildman–Crippen MR) is 49.7 cm³/mol. The first-order valence-electron chi connectivity index (χ1n) is 3.13. The molecule has 0 saturated carbocycles. The first-order valence-corrected chi connectivity index (χ1v) is 3.92. The maximum atomic E-state index is 9.82. The molecular weight excluding hydrogens is 206 g/mol. The van der Waals surface area contributed by atoms with Crippen molar-refractivity contribution in [1.29, 1.82) is 0 Å². The van der Waals surface area contributed by atoms with Crippen molar-refractivity contribution in [2.75, 3.05) is 0 Å². The van der Waals surface area contributed by atoms with Gasteiger partial charge in [-0.1, -0.05) is 28.1 Å². The Hall–Kier alpha value is -0.800. The summed E-state index contributed by atoms with van der Waals surface area (Å²) in [6.45, 7) is 0. The summed E-state index contributed by atoms with van der Waals surface area (Å²) < 4.78 is 1.03. The van der Waals surface area contributed by atoms with Gasteiger partial charge in [0.25, 0.3) is 0 Å². The molecule has 0 amide bonds. The Morgan fingerprint density at radius 2 is 1.91 bits per heavy atom. The van der Waals surface area contributed by atoms with Gasteiger partial charge in [0.2, 0.25) is 0 Å². The summed E-state index contributed by atoms with van der Waals surface area (Å²) in [5, 5.41) is 9.82. The molecule has 0 atom stereocenters. The van der Waals surface area contributed by atoms with Gasteiger partial charge in [-0.2, -0.15) is 0 Å². The summed E-state index contributed by atoms with van der Waals surface area (Å²) in [4.78, 5) is 0. The van der Waals surface area contributed by atoms with E-state index in [1.54, 1.807) is 11.6 Å². The Kier molecular flexibility index (Phi) is 3.14. The minimum atomic E-state index is 0.997. The molecule has 2 nitrogen and oxygen atoms in total. The number of benzene rings is 1. The lowest BCUT2D eigenvalue weighted by atomic mass is 10.2. The highest BCUT2D eigenvalue weighted by atomic mass is 79.9. The fraction of sp³-hybridized carbons (Fsp3) is 0. The molecule has 0 aliphatic rings. The highest BCUT2D eigenvalue weighted by Gasteiger charge is 1.84. The van der Waals surface area contributed by atoms with Gasteiger partial charge in [-0.25, -0.2) is 0 Å². The molecule has 0 unspecified atom stereocenters. The fourth-order valence-electron chi connectivity index (χ4n) is 0.704. The molecule has 1 aromatic rings. The monoisotopic (exact) mass is 212 g/mol. The van der Waals surface area contributed by atoms with Crippen molar-refractivity contribution in [2.45, 2.75) is 0 Å². The van der Waals surface area contributed by atoms with E-state index in [2.05, 4.69) is 15.9 Å². The zero-order valence-electron chi connectivity index (χ0n) is 5.75. The zero-order valence-corrected chi connectivity index (χ0v) is 7.34. The van der Waals surface area contributed by atoms with Crippen molar-refractivity contribution in [3.05, 3.63) is 45.7 Å². The van der Waals surface area contributed by atoms with Crippen LogP contribution in [0.3, 0.4) is 0 Å². The summed E-state index contributed by atoms with van der Waals surface area (Å²) in [5.74, 6) is 0. The van der Waals surface area contributed by atoms with Crippen LogP contribution in [0.15, 0.2) is 34.9 Å². The standard InChI is InChI=1S/C8H7BrNO/c9-8-3-1-7(2-4-8)5-6-10-11/h1-6,10H/q-1/b6-5+. The number of halogens is 1. The van der Waals surface area contributed by atoms with E-state index in [4.69, 9.17) is 0 Å². The maximum Gasteiger partial charge on any atom is 0.0175 e. The fourth-order valence-corrected chi connectivity index (χ4v) is 0.968. The summed E-state index contributed by atoms with van der Waals surface area (Å²) in [5.41, 5.74) is 2.69. The van der Waals surface area contributed by atoms with E-state index in [1.807, 2.05) is 24.3 Å². The molecule has 0 aliphatic heterocycles. The maximum absolute atomic E-state index is 9.82. The van der Waals surface area contributed by atoms with Crippen LogP contribution >= 0.6 is 15.9 Å². The van der Waals surface area contributed by atoms with Crippen LogP contribution in [0.1, 0.15) is 5.56 Å². The molecule has 0 aliphatic carbocycles. The van der Waals surface area contributed by atoms with Crippen molar-refractivity contribution in [1.82, 2.24) is 5.48 Å². The third-order valence-corrected chi connectivity index (χ3v) is 1.74. The molecule has 0 aromatic heterocycles. The van der Waals surface area contributed by atoms with Crippen LogP contribution in [-0.2, 0) is 0 Å². The molecule has 0 bridgehead atoms. The molecule has 0 saturated heterocycles. The lowest BCUT2D eigenvalue weighted by Gasteiger charge is -1.99. The highest BCUT2D eigenvalue weighted by Crippen LogP contribution is 2.10. The number of rotatable bonds is 2. The van der Waals surface area contributed by atoms with Gasteiger partial charge in [-0.3, -0.25) is 0 Å².